The molecule has 2 aromatic carbocycles. The lowest BCUT2D eigenvalue weighted by atomic mass is 10.1. The first-order chi connectivity index (χ1) is 17.1. The van der Waals surface area contributed by atoms with Crippen molar-refractivity contribution >= 4 is 11.8 Å². The number of amides is 2. The number of methoxy groups -OCH3 is 1. The summed E-state index contributed by atoms with van der Waals surface area (Å²) in [6.45, 7) is 6.69. The van der Waals surface area contributed by atoms with E-state index in [9.17, 15) is 9.59 Å². The minimum absolute atomic E-state index is 0.0954. The highest BCUT2D eigenvalue weighted by atomic mass is 16.5. The number of nitrogens with one attached hydrogen (secondary N) is 1. The molecule has 0 aromatic heterocycles. The standard InChI is InChI=1S/C26H33N3O6/c1-32-24-16-20(6-7-23(24)35-19-25(30)29-10-14-34-15-11-29)26(31)27-17-21-4-2-3-5-22(21)18-28-8-12-33-13-9-28/h2-7,16H,8-15,17-19H2,1H3,(H,27,31). The molecule has 2 aliphatic rings. The topological polar surface area (TPSA) is 89.6 Å². The molecule has 0 unspecified atom stereocenters. The average Bonchev–Trinajstić information content (AvgIpc) is 2.92. The van der Waals surface area contributed by atoms with Gasteiger partial charge >= 0.3 is 0 Å². The number of hydrogen-bond acceptors (Lipinski definition) is 7. The largest absolute Gasteiger partial charge is 0.493 e. The van der Waals surface area contributed by atoms with Crippen LogP contribution in [-0.4, -0.2) is 87.9 Å². The summed E-state index contributed by atoms with van der Waals surface area (Å²) in [5.41, 5.74) is 2.74. The van der Waals surface area contributed by atoms with E-state index in [4.69, 9.17) is 18.9 Å². The van der Waals surface area contributed by atoms with Crippen molar-refractivity contribution in [1.82, 2.24) is 15.1 Å². The second-order valence-corrected chi connectivity index (χ2v) is 8.49. The van der Waals surface area contributed by atoms with Gasteiger partial charge in [-0.2, -0.15) is 0 Å². The minimum Gasteiger partial charge on any atom is -0.493 e. The van der Waals surface area contributed by atoms with Crippen LogP contribution in [0.5, 0.6) is 11.5 Å². The van der Waals surface area contributed by atoms with Gasteiger partial charge in [0.1, 0.15) is 0 Å². The monoisotopic (exact) mass is 483 g/mol. The Labute approximate surface area is 205 Å². The van der Waals surface area contributed by atoms with E-state index in [1.165, 1.54) is 12.7 Å². The van der Waals surface area contributed by atoms with Crippen LogP contribution in [0.25, 0.3) is 0 Å². The van der Waals surface area contributed by atoms with Gasteiger partial charge in [0.15, 0.2) is 18.1 Å². The molecule has 2 amide bonds. The van der Waals surface area contributed by atoms with Crippen LogP contribution in [0, 0.1) is 0 Å². The smallest absolute Gasteiger partial charge is 0.260 e. The Hall–Kier alpha value is -3.14. The summed E-state index contributed by atoms with van der Waals surface area (Å²) in [4.78, 5) is 29.3. The second-order valence-electron chi connectivity index (χ2n) is 8.49. The van der Waals surface area contributed by atoms with E-state index in [0.29, 0.717) is 49.9 Å². The first kappa shape index (κ1) is 25.0. The van der Waals surface area contributed by atoms with Gasteiger partial charge in [0.05, 0.1) is 33.5 Å². The normalized spacial score (nSPS) is 16.5. The molecule has 2 aliphatic heterocycles. The third-order valence-electron chi connectivity index (χ3n) is 6.20. The van der Waals surface area contributed by atoms with Crippen molar-refractivity contribution in [2.75, 3.05) is 66.3 Å². The lowest BCUT2D eigenvalue weighted by molar-refractivity contribution is -0.137. The maximum atomic E-state index is 12.9. The van der Waals surface area contributed by atoms with Gasteiger partial charge < -0.3 is 29.2 Å². The number of benzene rings is 2. The molecule has 9 heteroatoms. The maximum Gasteiger partial charge on any atom is 0.260 e. The highest BCUT2D eigenvalue weighted by Gasteiger charge is 2.19. The Bertz CT molecular complexity index is 1000. The maximum absolute atomic E-state index is 12.9. The van der Waals surface area contributed by atoms with Crippen molar-refractivity contribution in [3.63, 3.8) is 0 Å². The number of carbonyl (C=O) groups excluding carboxylic acids is 2. The van der Waals surface area contributed by atoms with E-state index in [2.05, 4.69) is 16.3 Å². The van der Waals surface area contributed by atoms with Crippen LogP contribution in [0.4, 0.5) is 0 Å². The highest BCUT2D eigenvalue weighted by Crippen LogP contribution is 2.28. The van der Waals surface area contributed by atoms with Gasteiger partial charge in [-0.1, -0.05) is 24.3 Å². The zero-order valence-electron chi connectivity index (χ0n) is 20.2. The van der Waals surface area contributed by atoms with Crippen LogP contribution in [-0.2, 0) is 27.4 Å². The van der Waals surface area contributed by atoms with Crippen LogP contribution in [0.2, 0.25) is 0 Å². The Morgan fingerprint density at radius 3 is 2.31 bits per heavy atom. The summed E-state index contributed by atoms with van der Waals surface area (Å²) < 4.78 is 21.8. The summed E-state index contributed by atoms with van der Waals surface area (Å²) in [6.07, 6.45) is 0. The minimum atomic E-state index is -0.208. The number of morpholine rings is 2. The van der Waals surface area contributed by atoms with E-state index in [0.717, 1.165) is 38.4 Å². The van der Waals surface area contributed by atoms with Gasteiger partial charge in [-0.05, 0) is 29.3 Å². The zero-order valence-corrected chi connectivity index (χ0v) is 20.2. The van der Waals surface area contributed by atoms with Gasteiger partial charge in [0.25, 0.3) is 11.8 Å². The molecule has 0 radical (unpaired) electrons. The van der Waals surface area contributed by atoms with E-state index in [1.807, 2.05) is 18.2 Å². The Kier molecular flexibility index (Phi) is 8.94. The summed E-state index contributed by atoms with van der Waals surface area (Å²) >= 11 is 0. The Morgan fingerprint density at radius 1 is 0.914 bits per heavy atom. The molecule has 2 aromatic rings. The van der Waals surface area contributed by atoms with Gasteiger partial charge in [-0.3, -0.25) is 14.5 Å². The van der Waals surface area contributed by atoms with Crippen LogP contribution in [0.1, 0.15) is 21.5 Å². The predicted molar refractivity (Wildman–Crippen MR) is 130 cm³/mol. The fraction of sp³-hybridized carbons (Fsp3) is 0.462. The summed E-state index contributed by atoms with van der Waals surface area (Å²) in [5, 5.41) is 3.01. The molecule has 0 bridgehead atoms. The number of hydrogen-bond donors (Lipinski definition) is 1. The fourth-order valence-corrected chi connectivity index (χ4v) is 4.13. The molecular weight excluding hydrogens is 450 g/mol. The van der Waals surface area contributed by atoms with Crippen LogP contribution < -0.4 is 14.8 Å². The number of rotatable bonds is 9. The first-order valence-corrected chi connectivity index (χ1v) is 12.0. The molecular formula is C26H33N3O6. The SMILES string of the molecule is COc1cc(C(=O)NCc2ccccc2CN2CCOCC2)ccc1OCC(=O)N1CCOCC1. The van der Waals surface area contributed by atoms with E-state index < -0.39 is 0 Å². The number of carbonyl (C=O) groups is 2. The molecule has 0 spiro atoms. The third kappa shape index (κ3) is 6.94. The summed E-state index contributed by atoms with van der Waals surface area (Å²) in [6, 6.07) is 13.1. The quantitative estimate of drug-likeness (QED) is 0.581. The predicted octanol–water partition coefficient (Wildman–Crippen LogP) is 1.70. The first-order valence-electron chi connectivity index (χ1n) is 12.0. The van der Waals surface area contributed by atoms with Crippen molar-refractivity contribution in [3.05, 3.63) is 59.2 Å². The molecule has 0 atom stereocenters. The molecule has 2 fully saturated rings. The molecule has 9 nitrogen and oxygen atoms in total. The highest BCUT2D eigenvalue weighted by molar-refractivity contribution is 5.94. The molecule has 0 aliphatic carbocycles. The van der Waals surface area contributed by atoms with Gasteiger partial charge in [0, 0.05) is 44.8 Å². The molecule has 4 rings (SSSR count). The van der Waals surface area contributed by atoms with Crippen LogP contribution in [0.15, 0.2) is 42.5 Å². The fourth-order valence-electron chi connectivity index (χ4n) is 4.13. The van der Waals surface area contributed by atoms with Gasteiger partial charge in [-0.15, -0.1) is 0 Å². The van der Waals surface area contributed by atoms with E-state index in [-0.39, 0.29) is 18.4 Å². The summed E-state index contributed by atoms with van der Waals surface area (Å²) in [7, 11) is 1.51. The molecule has 2 heterocycles. The molecule has 2 saturated heterocycles. The molecule has 35 heavy (non-hydrogen) atoms. The van der Waals surface area contributed by atoms with Crippen LogP contribution >= 0.6 is 0 Å². The lowest BCUT2D eigenvalue weighted by Crippen LogP contribution is -2.43. The zero-order chi connectivity index (χ0) is 24.5. The van der Waals surface area contributed by atoms with Crippen molar-refractivity contribution in [3.8, 4) is 11.5 Å². The molecule has 0 saturated carbocycles. The second kappa shape index (κ2) is 12.5. The molecule has 188 valence electrons. The van der Waals surface area contributed by atoms with Crippen molar-refractivity contribution in [1.29, 1.82) is 0 Å². The van der Waals surface area contributed by atoms with Gasteiger partial charge in [-0.25, -0.2) is 0 Å². The van der Waals surface area contributed by atoms with Gasteiger partial charge in [0.2, 0.25) is 0 Å². The Balaban J connectivity index is 1.33. The lowest BCUT2D eigenvalue weighted by Gasteiger charge is -2.27. The number of nitrogens with zero attached hydrogens (tertiary/aromatic N) is 2. The van der Waals surface area contributed by atoms with Crippen LogP contribution in [0.3, 0.4) is 0 Å². The van der Waals surface area contributed by atoms with E-state index >= 15 is 0 Å². The van der Waals surface area contributed by atoms with Crippen molar-refractivity contribution in [2.24, 2.45) is 0 Å². The van der Waals surface area contributed by atoms with Crippen molar-refractivity contribution < 1.29 is 28.5 Å². The Morgan fingerprint density at radius 2 is 1.60 bits per heavy atom. The van der Waals surface area contributed by atoms with E-state index in [1.54, 1.807) is 23.1 Å². The average molecular weight is 484 g/mol. The third-order valence-corrected chi connectivity index (χ3v) is 6.20. The summed E-state index contributed by atoms with van der Waals surface area (Å²) in [5.74, 6) is 0.509. The number of ether oxygens (including phenoxy) is 4. The van der Waals surface area contributed by atoms with Crippen molar-refractivity contribution in [2.45, 2.75) is 13.1 Å². The molecule has 1 N–H and O–H groups in total.